The van der Waals surface area contributed by atoms with Crippen LogP contribution in [0.5, 0.6) is 5.75 Å². The molecule has 2 aromatic rings. The van der Waals surface area contributed by atoms with Crippen LogP contribution in [0, 0.1) is 6.92 Å². The second-order valence-corrected chi connectivity index (χ2v) is 7.34. The molecule has 0 bridgehead atoms. The number of thiophene rings is 1. The van der Waals surface area contributed by atoms with Crippen molar-refractivity contribution in [2.24, 2.45) is 0 Å². The van der Waals surface area contributed by atoms with Crippen LogP contribution >= 0.6 is 11.3 Å². The van der Waals surface area contributed by atoms with E-state index in [1.54, 1.807) is 19.4 Å². The fourth-order valence-corrected chi connectivity index (χ4v) is 3.79. The fourth-order valence-electron chi connectivity index (χ4n) is 2.85. The zero-order valence-electron chi connectivity index (χ0n) is 14.5. The lowest BCUT2D eigenvalue weighted by atomic mass is 9.75. The van der Waals surface area contributed by atoms with E-state index in [0.29, 0.717) is 16.3 Å². The molecule has 6 nitrogen and oxygen atoms in total. The van der Waals surface area contributed by atoms with Crippen LogP contribution < -0.4 is 4.74 Å². The summed E-state index contributed by atoms with van der Waals surface area (Å²) < 4.78 is 15.5. The van der Waals surface area contributed by atoms with Gasteiger partial charge in [0, 0.05) is 29.3 Å². The number of aromatic nitrogens is 1. The normalized spacial score (nSPS) is 15.5. The summed E-state index contributed by atoms with van der Waals surface area (Å²) in [6.45, 7) is 1.99. The molecule has 2 aromatic heterocycles. The monoisotopic (exact) mass is 363 g/mol. The molecule has 25 heavy (non-hydrogen) atoms. The summed E-state index contributed by atoms with van der Waals surface area (Å²) in [6, 6.07) is 3.57. The van der Waals surface area contributed by atoms with Crippen molar-refractivity contribution in [1.29, 1.82) is 0 Å². The van der Waals surface area contributed by atoms with E-state index in [1.807, 2.05) is 13.0 Å². The minimum Gasteiger partial charge on any atom is -0.465 e. The van der Waals surface area contributed by atoms with E-state index < -0.39 is 5.60 Å². The molecule has 3 rings (SSSR count). The van der Waals surface area contributed by atoms with E-state index in [1.165, 1.54) is 18.4 Å². The SMILES string of the molecule is COCOc1cc(C2(O)CCC2)cnc1-c1cc(C(=O)OC)sc1C. The van der Waals surface area contributed by atoms with Crippen molar-refractivity contribution in [3.8, 4) is 17.0 Å². The number of pyridine rings is 1. The summed E-state index contributed by atoms with van der Waals surface area (Å²) in [4.78, 5) is 17.8. The van der Waals surface area contributed by atoms with E-state index in [-0.39, 0.29) is 12.8 Å². The molecule has 0 amide bonds. The maximum absolute atomic E-state index is 11.8. The van der Waals surface area contributed by atoms with Crippen molar-refractivity contribution in [3.63, 3.8) is 0 Å². The number of ether oxygens (including phenoxy) is 3. The predicted octanol–water partition coefficient (Wildman–Crippen LogP) is 3.26. The lowest BCUT2D eigenvalue weighted by molar-refractivity contribution is -0.0394. The summed E-state index contributed by atoms with van der Waals surface area (Å²) in [5.74, 6) is 0.149. The highest BCUT2D eigenvalue weighted by atomic mass is 32.1. The van der Waals surface area contributed by atoms with Crippen molar-refractivity contribution in [2.75, 3.05) is 21.0 Å². The fraction of sp³-hybridized carbons (Fsp3) is 0.444. The molecule has 0 spiro atoms. The molecular weight excluding hydrogens is 342 g/mol. The molecule has 0 atom stereocenters. The zero-order valence-corrected chi connectivity index (χ0v) is 15.3. The zero-order chi connectivity index (χ0) is 18.0. The highest BCUT2D eigenvalue weighted by molar-refractivity contribution is 7.14. The van der Waals surface area contributed by atoms with Gasteiger partial charge in [0.2, 0.25) is 0 Å². The summed E-state index contributed by atoms with van der Waals surface area (Å²) in [6.07, 6.45) is 4.13. The van der Waals surface area contributed by atoms with Gasteiger partial charge in [0.1, 0.15) is 16.3 Å². The van der Waals surface area contributed by atoms with Gasteiger partial charge in [-0.15, -0.1) is 11.3 Å². The molecule has 0 aromatic carbocycles. The third kappa shape index (κ3) is 3.40. The van der Waals surface area contributed by atoms with Crippen molar-refractivity contribution in [2.45, 2.75) is 31.8 Å². The number of aryl methyl sites for hydroxylation is 1. The maximum atomic E-state index is 11.8. The van der Waals surface area contributed by atoms with Gasteiger partial charge in [0.05, 0.1) is 12.7 Å². The van der Waals surface area contributed by atoms with E-state index >= 15 is 0 Å². The second-order valence-electron chi connectivity index (χ2n) is 6.08. The highest BCUT2D eigenvalue weighted by Crippen LogP contribution is 2.44. The van der Waals surface area contributed by atoms with E-state index in [9.17, 15) is 9.90 Å². The van der Waals surface area contributed by atoms with E-state index in [2.05, 4.69) is 4.98 Å². The molecule has 7 heteroatoms. The Hall–Kier alpha value is -1.96. The van der Waals surface area contributed by atoms with Gasteiger partial charge in [-0.1, -0.05) is 0 Å². The third-order valence-corrected chi connectivity index (χ3v) is 5.49. The number of nitrogens with zero attached hydrogens (tertiary/aromatic N) is 1. The second kappa shape index (κ2) is 7.11. The van der Waals surface area contributed by atoms with Crippen molar-refractivity contribution in [1.82, 2.24) is 4.98 Å². The summed E-state index contributed by atoms with van der Waals surface area (Å²) in [5.41, 5.74) is 1.35. The first kappa shape index (κ1) is 17.8. The Kier molecular flexibility index (Phi) is 5.08. The summed E-state index contributed by atoms with van der Waals surface area (Å²) in [7, 11) is 2.90. The Morgan fingerprint density at radius 1 is 1.36 bits per heavy atom. The first-order valence-electron chi connectivity index (χ1n) is 8.02. The van der Waals surface area contributed by atoms with Crippen molar-refractivity contribution >= 4 is 17.3 Å². The number of rotatable bonds is 6. The molecule has 134 valence electrons. The minimum absolute atomic E-state index is 0.0730. The topological polar surface area (TPSA) is 77.9 Å². The van der Waals surface area contributed by atoms with E-state index in [0.717, 1.165) is 35.3 Å². The maximum Gasteiger partial charge on any atom is 0.348 e. The molecule has 0 unspecified atom stereocenters. The standard InChI is InChI=1S/C18H21NO5S/c1-11-13(8-15(25-11)17(20)23-3)16-14(24-10-22-2)7-12(9-19-16)18(21)5-4-6-18/h7-9,21H,4-6,10H2,1-3H3. The highest BCUT2D eigenvalue weighted by Gasteiger charge is 2.37. The van der Waals surface area contributed by atoms with Crippen LogP contribution in [0.3, 0.4) is 0 Å². The predicted molar refractivity (Wildman–Crippen MR) is 93.9 cm³/mol. The molecule has 0 radical (unpaired) electrons. The van der Waals surface area contributed by atoms with Gasteiger partial charge in [0.25, 0.3) is 0 Å². The van der Waals surface area contributed by atoms with Gasteiger partial charge >= 0.3 is 5.97 Å². The number of aliphatic hydroxyl groups is 1. The Bertz CT molecular complexity index is 782. The molecule has 1 aliphatic carbocycles. The van der Waals surface area contributed by atoms with Crippen LogP contribution in [-0.2, 0) is 15.1 Å². The van der Waals surface area contributed by atoms with Gasteiger partial charge in [0.15, 0.2) is 6.79 Å². The van der Waals surface area contributed by atoms with Crippen LogP contribution in [0.25, 0.3) is 11.3 Å². The number of methoxy groups -OCH3 is 2. The first-order valence-corrected chi connectivity index (χ1v) is 8.84. The minimum atomic E-state index is -0.822. The Morgan fingerprint density at radius 3 is 2.72 bits per heavy atom. The van der Waals surface area contributed by atoms with Crippen LogP contribution in [-0.4, -0.2) is 37.1 Å². The van der Waals surface area contributed by atoms with Crippen LogP contribution in [0.1, 0.15) is 39.4 Å². The average molecular weight is 363 g/mol. The Morgan fingerprint density at radius 2 is 2.12 bits per heavy atom. The van der Waals surface area contributed by atoms with Crippen molar-refractivity contribution < 1.29 is 24.1 Å². The largest absolute Gasteiger partial charge is 0.465 e. The quantitative estimate of drug-likeness (QED) is 0.627. The van der Waals surface area contributed by atoms with Crippen LogP contribution in [0.2, 0.25) is 0 Å². The average Bonchev–Trinajstić information content (AvgIpc) is 2.98. The smallest absolute Gasteiger partial charge is 0.348 e. The van der Waals surface area contributed by atoms with Gasteiger partial charge in [-0.05, 0) is 38.3 Å². The molecule has 1 fully saturated rings. The van der Waals surface area contributed by atoms with Crippen LogP contribution in [0.15, 0.2) is 18.3 Å². The Balaban J connectivity index is 2.02. The molecule has 1 aliphatic rings. The lowest BCUT2D eigenvalue weighted by Crippen LogP contribution is -2.33. The van der Waals surface area contributed by atoms with Gasteiger partial charge in [-0.25, -0.2) is 4.79 Å². The third-order valence-electron chi connectivity index (χ3n) is 4.46. The molecule has 1 N–H and O–H groups in total. The van der Waals surface area contributed by atoms with Gasteiger partial charge < -0.3 is 19.3 Å². The summed E-state index contributed by atoms with van der Waals surface area (Å²) >= 11 is 1.35. The number of hydrogen-bond acceptors (Lipinski definition) is 7. The lowest BCUT2D eigenvalue weighted by Gasteiger charge is -2.37. The molecule has 2 heterocycles. The van der Waals surface area contributed by atoms with Gasteiger partial charge in [-0.3, -0.25) is 4.98 Å². The van der Waals surface area contributed by atoms with Crippen molar-refractivity contribution in [3.05, 3.63) is 33.6 Å². The molecule has 1 saturated carbocycles. The first-order chi connectivity index (χ1) is 12.0. The Labute approximate surface area is 150 Å². The molecular formula is C18H21NO5S. The number of carbonyl (C=O) groups is 1. The van der Waals surface area contributed by atoms with E-state index in [4.69, 9.17) is 14.2 Å². The molecule has 0 saturated heterocycles. The number of esters is 1. The van der Waals surface area contributed by atoms with Gasteiger partial charge in [-0.2, -0.15) is 0 Å². The molecule has 0 aliphatic heterocycles. The number of carbonyl (C=O) groups excluding carboxylic acids is 1. The number of hydrogen-bond donors (Lipinski definition) is 1. The van der Waals surface area contributed by atoms with Crippen LogP contribution in [0.4, 0.5) is 0 Å². The summed E-state index contributed by atoms with van der Waals surface area (Å²) in [5, 5.41) is 10.6.